The molecule has 0 aliphatic heterocycles. The summed E-state index contributed by atoms with van der Waals surface area (Å²) in [7, 11) is 0. The zero-order chi connectivity index (χ0) is 9.26. The van der Waals surface area contributed by atoms with Gasteiger partial charge in [0.25, 0.3) is 0 Å². The molecule has 0 aliphatic carbocycles. The first-order valence-electron chi connectivity index (χ1n) is 3.58. The van der Waals surface area contributed by atoms with E-state index < -0.39 is 0 Å². The van der Waals surface area contributed by atoms with Crippen LogP contribution < -0.4 is 0 Å². The molecular formula is C8H5ClFN3. The van der Waals surface area contributed by atoms with Gasteiger partial charge in [0.1, 0.15) is 5.15 Å². The van der Waals surface area contributed by atoms with Gasteiger partial charge in [0.2, 0.25) is 0 Å². The topological polar surface area (TPSA) is 30.7 Å². The molecule has 0 saturated heterocycles. The highest BCUT2D eigenvalue weighted by Crippen LogP contribution is 2.09. The minimum Gasteiger partial charge on any atom is -0.242 e. The molecule has 2 aromatic rings. The van der Waals surface area contributed by atoms with Crippen molar-refractivity contribution >= 4 is 11.6 Å². The van der Waals surface area contributed by atoms with Crippen LogP contribution in [0.25, 0.3) is 5.69 Å². The van der Waals surface area contributed by atoms with Crippen LogP contribution in [0, 0.1) is 5.82 Å². The molecule has 3 nitrogen and oxygen atoms in total. The average molecular weight is 198 g/mol. The van der Waals surface area contributed by atoms with Crippen LogP contribution in [-0.2, 0) is 0 Å². The first kappa shape index (κ1) is 8.19. The summed E-state index contributed by atoms with van der Waals surface area (Å²) in [6.45, 7) is 0. The Morgan fingerprint density at radius 3 is 2.69 bits per heavy atom. The number of pyridine rings is 1. The highest BCUT2D eigenvalue weighted by Gasteiger charge is 1.99. The van der Waals surface area contributed by atoms with Crippen LogP contribution in [0.15, 0.2) is 30.7 Å². The van der Waals surface area contributed by atoms with Gasteiger partial charge in [-0.25, -0.2) is 14.1 Å². The minimum atomic E-state index is -0.380. The first-order chi connectivity index (χ1) is 6.25. The molecule has 0 fully saturated rings. The van der Waals surface area contributed by atoms with Gasteiger partial charge >= 0.3 is 0 Å². The quantitative estimate of drug-likeness (QED) is 0.656. The highest BCUT2D eigenvalue weighted by atomic mass is 35.5. The minimum absolute atomic E-state index is 0.380. The van der Waals surface area contributed by atoms with Crippen molar-refractivity contribution in [2.45, 2.75) is 0 Å². The Hall–Kier alpha value is -1.42. The van der Waals surface area contributed by atoms with E-state index in [1.165, 1.54) is 17.1 Å². The van der Waals surface area contributed by atoms with Crippen molar-refractivity contribution < 1.29 is 4.39 Å². The maximum Gasteiger partial charge on any atom is 0.161 e. The molecule has 0 unspecified atom stereocenters. The smallest absolute Gasteiger partial charge is 0.161 e. The molecular weight excluding hydrogens is 193 g/mol. The normalized spacial score (nSPS) is 10.3. The summed E-state index contributed by atoms with van der Waals surface area (Å²) in [5.41, 5.74) is 0.674. The van der Waals surface area contributed by atoms with Gasteiger partial charge in [0, 0.05) is 0 Å². The van der Waals surface area contributed by atoms with Gasteiger partial charge in [-0.2, -0.15) is 5.10 Å². The monoisotopic (exact) mass is 197 g/mol. The Kier molecular flexibility index (Phi) is 1.98. The lowest BCUT2D eigenvalue weighted by atomic mass is 10.4. The van der Waals surface area contributed by atoms with E-state index in [4.69, 9.17) is 11.6 Å². The third-order valence-corrected chi connectivity index (χ3v) is 1.75. The molecule has 13 heavy (non-hydrogen) atoms. The van der Waals surface area contributed by atoms with Gasteiger partial charge in [0.15, 0.2) is 5.82 Å². The van der Waals surface area contributed by atoms with E-state index in [1.807, 2.05) is 0 Å². The number of rotatable bonds is 1. The molecule has 0 bridgehead atoms. The lowest BCUT2D eigenvalue weighted by Gasteiger charge is -1.98. The Labute approximate surface area is 78.8 Å². The van der Waals surface area contributed by atoms with E-state index in [0.717, 1.165) is 6.20 Å². The van der Waals surface area contributed by atoms with Crippen molar-refractivity contribution in [3.8, 4) is 5.69 Å². The van der Waals surface area contributed by atoms with Crippen molar-refractivity contribution in [2.24, 2.45) is 0 Å². The first-order valence-corrected chi connectivity index (χ1v) is 3.95. The fraction of sp³-hybridized carbons (Fsp3) is 0. The lowest BCUT2D eigenvalue weighted by Crippen LogP contribution is -1.94. The van der Waals surface area contributed by atoms with Crippen molar-refractivity contribution in [1.29, 1.82) is 0 Å². The average Bonchev–Trinajstić information content (AvgIpc) is 2.53. The molecule has 66 valence electrons. The van der Waals surface area contributed by atoms with Crippen LogP contribution in [0.5, 0.6) is 0 Å². The van der Waals surface area contributed by atoms with Crippen molar-refractivity contribution in [3.63, 3.8) is 0 Å². The molecule has 2 heterocycles. The summed E-state index contributed by atoms with van der Waals surface area (Å²) < 4.78 is 13.9. The maximum atomic E-state index is 12.6. The lowest BCUT2D eigenvalue weighted by molar-refractivity contribution is 0.627. The van der Waals surface area contributed by atoms with Crippen molar-refractivity contribution in [1.82, 2.24) is 14.8 Å². The molecule has 0 aromatic carbocycles. The van der Waals surface area contributed by atoms with Crippen LogP contribution in [0.1, 0.15) is 0 Å². The second kappa shape index (κ2) is 3.14. The van der Waals surface area contributed by atoms with Gasteiger partial charge in [-0.1, -0.05) is 11.6 Å². The van der Waals surface area contributed by atoms with Crippen LogP contribution in [0.3, 0.4) is 0 Å². The highest BCUT2D eigenvalue weighted by molar-refractivity contribution is 6.29. The molecule has 0 atom stereocenters. The van der Waals surface area contributed by atoms with Gasteiger partial charge in [0.05, 0.1) is 24.3 Å². The van der Waals surface area contributed by atoms with Crippen LogP contribution in [0.4, 0.5) is 4.39 Å². The van der Waals surface area contributed by atoms with E-state index in [9.17, 15) is 4.39 Å². The summed E-state index contributed by atoms with van der Waals surface area (Å²) in [5.74, 6) is -0.380. The van der Waals surface area contributed by atoms with Crippen LogP contribution in [-0.4, -0.2) is 14.8 Å². The Bertz CT molecular complexity index is 410. The van der Waals surface area contributed by atoms with E-state index >= 15 is 0 Å². The largest absolute Gasteiger partial charge is 0.242 e. The number of hydrogen-bond acceptors (Lipinski definition) is 2. The number of aromatic nitrogens is 3. The molecule has 5 heteroatoms. The fourth-order valence-corrected chi connectivity index (χ4v) is 1.06. The third kappa shape index (κ3) is 1.67. The van der Waals surface area contributed by atoms with Crippen molar-refractivity contribution in [2.75, 3.05) is 0 Å². The van der Waals surface area contributed by atoms with E-state index in [-0.39, 0.29) is 5.82 Å². The van der Waals surface area contributed by atoms with Gasteiger partial charge < -0.3 is 0 Å². The Morgan fingerprint density at radius 2 is 2.15 bits per heavy atom. The maximum absolute atomic E-state index is 12.6. The summed E-state index contributed by atoms with van der Waals surface area (Å²) in [6.07, 6.45) is 3.92. The van der Waals surface area contributed by atoms with Gasteiger partial charge in [-0.3, -0.25) is 0 Å². The summed E-state index contributed by atoms with van der Waals surface area (Å²) >= 11 is 5.59. The van der Waals surface area contributed by atoms with Crippen molar-refractivity contribution in [3.05, 3.63) is 41.7 Å². The summed E-state index contributed by atoms with van der Waals surface area (Å²) in [6, 6.07) is 3.33. The molecule has 0 saturated carbocycles. The van der Waals surface area contributed by atoms with E-state index in [1.54, 1.807) is 12.1 Å². The molecule has 0 amide bonds. The van der Waals surface area contributed by atoms with E-state index in [0.29, 0.717) is 10.8 Å². The molecule has 0 radical (unpaired) electrons. The number of hydrogen-bond donors (Lipinski definition) is 0. The number of halogens is 2. The second-order valence-electron chi connectivity index (χ2n) is 2.44. The number of nitrogens with zero attached hydrogens (tertiary/aromatic N) is 3. The predicted molar refractivity (Wildman–Crippen MR) is 46.3 cm³/mol. The molecule has 0 spiro atoms. The Balaban J connectivity index is 2.41. The Morgan fingerprint density at radius 1 is 1.31 bits per heavy atom. The predicted octanol–water partition coefficient (Wildman–Crippen LogP) is 2.06. The molecule has 2 aromatic heterocycles. The fourth-order valence-electron chi connectivity index (χ4n) is 0.946. The third-order valence-electron chi connectivity index (χ3n) is 1.53. The molecule has 2 rings (SSSR count). The summed E-state index contributed by atoms with van der Waals surface area (Å²) in [4.78, 5) is 3.85. The molecule has 0 N–H and O–H groups in total. The summed E-state index contributed by atoms with van der Waals surface area (Å²) in [5, 5.41) is 4.17. The zero-order valence-electron chi connectivity index (χ0n) is 6.48. The second-order valence-corrected chi connectivity index (χ2v) is 2.83. The van der Waals surface area contributed by atoms with Crippen LogP contribution >= 0.6 is 11.6 Å². The SMILES string of the molecule is Fc1cnn(-c2ccc(Cl)nc2)c1. The van der Waals surface area contributed by atoms with Gasteiger partial charge in [-0.05, 0) is 12.1 Å². The molecule has 0 aliphatic rings. The van der Waals surface area contributed by atoms with Gasteiger partial charge in [-0.15, -0.1) is 0 Å². The van der Waals surface area contributed by atoms with Crippen LogP contribution in [0.2, 0.25) is 5.15 Å². The standard InChI is InChI=1S/C8H5ClFN3/c9-8-2-1-7(4-11-8)13-5-6(10)3-12-13/h1-5H. The van der Waals surface area contributed by atoms with E-state index in [2.05, 4.69) is 10.1 Å². The zero-order valence-corrected chi connectivity index (χ0v) is 7.24.